The van der Waals surface area contributed by atoms with Gasteiger partial charge in [0.05, 0.1) is 16.7 Å². The Balaban J connectivity index is 1.49. The quantitative estimate of drug-likeness (QED) is 0.283. The first-order valence-corrected chi connectivity index (χ1v) is 12.1. The summed E-state index contributed by atoms with van der Waals surface area (Å²) in [6.45, 7) is 3.16. The second-order valence-corrected chi connectivity index (χ2v) is 8.76. The van der Waals surface area contributed by atoms with Crippen LogP contribution in [-0.2, 0) is 17.8 Å². The molecule has 0 spiro atoms. The fraction of sp³-hybridized carbons (Fsp3) is 0.333. The summed E-state index contributed by atoms with van der Waals surface area (Å²) < 4.78 is 16.5. The predicted octanol–water partition coefficient (Wildman–Crippen LogP) is 3.82. The predicted molar refractivity (Wildman–Crippen MR) is 128 cm³/mol. The number of halogens is 1. The highest BCUT2D eigenvalue weighted by Crippen LogP contribution is 2.21. The number of nitrogens with zero attached hydrogens (tertiary/aromatic N) is 4. The number of nitrogens with one attached hydrogen (secondary N) is 1. The molecule has 2 heterocycles. The Hall–Kier alpha value is -3.20. The zero-order valence-electron chi connectivity index (χ0n) is 18.5. The largest absolute Gasteiger partial charge is 0.355 e. The molecule has 9 heteroatoms. The molecule has 2 aromatic carbocycles. The van der Waals surface area contributed by atoms with Crippen LogP contribution in [0.1, 0.15) is 31.7 Å². The van der Waals surface area contributed by atoms with E-state index >= 15 is 0 Å². The minimum atomic E-state index is -0.275. The van der Waals surface area contributed by atoms with E-state index in [1.165, 1.54) is 23.9 Å². The van der Waals surface area contributed by atoms with Gasteiger partial charge in [-0.2, -0.15) is 0 Å². The maximum Gasteiger partial charge on any atom is 0.262 e. The van der Waals surface area contributed by atoms with Crippen LogP contribution in [0.4, 0.5) is 4.39 Å². The van der Waals surface area contributed by atoms with Crippen LogP contribution < -0.4 is 10.9 Å². The Bertz CT molecular complexity index is 1320. The summed E-state index contributed by atoms with van der Waals surface area (Å²) in [7, 11) is 0. The lowest BCUT2D eigenvalue weighted by atomic mass is 10.1. The molecular weight excluding hydrogens is 441 g/mol. The lowest BCUT2D eigenvalue weighted by molar-refractivity contribution is -0.118. The van der Waals surface area contributed by atoms with Gasteiger partial charge in [-0.25, -0.2) is 4.39 Å². The third-order valence-electron chi connectivity index (χ3n) is 5.44. The molecule has 172 valence electrons. The molecule has 1 N–H and O–H groups in total. The molecule has 7 nitrogen and oxygen atoms in total. The van der Waals surface area contributed by atoms with E-state index in [1.54, 1.807) is 16.7 Å². The van der Waals surface area contributed by atoms with Crippen molar-refractivity contribution in [3.63, 3.8) is 0 Å². The van der Waals surface area contributed by atoms with Crippen molar-refractivity contribution >= 4 is 34.3 Å². The molecule has 0 aliphatic rings. The van der Waals surface area contributed by atoms with E-state index in [4.69, 9.17) is 0 Å². The maximum atomic E-state index is 13.1. The van der Waals surface area contributed by atoms with Crippen molar-refractivity contribution in [1.82, 2.24) is 24.5 Å². The highest BCUT2D eigenvalue weighted by molar-refractivity contribution is 7.99. The number of hydrogen-bond acceptors (Lipinski definition) is 5. The molecule has 4 rings (SSSR count). The molecule has 0 saturated carbocycles. The number of fused-ring (bicyclic) bond motifs is 3. The van der Waals surface area contributed by atoms with Crippen LogP contribution in [0.25, 0.3) is 16.7 Å². The van der Waals surface area contributed by atoms with Gasteiger partial charge in [0.25, 0.3) is 5.56 Å². The molecule has 0 aliphatic carbocycles. The summed E-state index contributed by atoms with van der Waals surface area (Å²) in [5, 5.41) is 12.6. The Morgan fingerprint density at radius 3 is 2.67 bits per heavy atom. The van der Waals surface area contributed by atoms with Gasteiger partial charge in [0.15, 0.2) is 5.16 Å². The lowest BCUT2D eigenvalue weighted by Gasteiger charge is -2.11. The summed E-state index contributed by atoms with van der Waals surface area (Å²) in [6.07, 6.45) is 3.59. The first-order valence-electron chi connectivity index (χ1n) is 11.1. The lowest BCUT2D eigenvalue weighted by Crippen LogP contribution is -2.27. The number of unbranched alkanes of at least 4 members (excludes halogenated alkanes) is 2. The van der Waals surface area contributed by atoms with Gasteiger partial charge in [-0.3, -0.25) is 18.6 Å². The monoisotopic (exact) mass is 467 g/mol. The third-order valence-corrected chi connectivity index (χ3v) is 6.37. The molecule has 0 fully saturated rings. The van der Waals surface area contributed by atoms with E-state index in [-0.39, 0.29) is 23.0 Å². The molecule has 0 atom stereocenters. The molecule has 0 saturated heterocycles. The minimum Gasteiger partial charge on any atom is -0.355 e. The molecular formula is C24H26FN5O2S. The van der Waals surface area contributed by atoms with Crippen molar-refractivity contribution in [2.45, 2.75) is 44.3 Å². The van der Waals surface area contributed by atoms with Crippen molar-refractivity contribution in [2.24, 2.45) is 0 Å². The summed E-state index contributed by atoms with van der Waals surface area (Å²) >= 11 is 1.28. The molecule has 0 unspecified atom stereocenters. The number of aromatic nitrogens is 4. The molecule has 0 bridgehead atoms. The number of carbonyl (C=O) groups excluding carboxylic acids is 1. The van der Waals surface area contributed by atoms with Gasteiger partial charge in [0, 0.05) is 13.1 Å². The molecule has 0 radical (unpaired) electrons. The third kappa shape index (κ3) is 5.24. The van der Waals surface area contributed by atoms with Crippen LogP contribution in [0.2, 0.25) is 0 Å². The summed E-state index contributed by atoms with van der Waals surface area (Å²) in [5.74, 6) is 0.268. The Morgan fingerprint density at radius 2 is 1.88 bits per heavy atom. The van der Waals surface area contributed by atoms with Gasteiger partial charge in [0.2, 0.25) is 11.7 Å². The first kappa shape index (κ1) is 23.0. The zero-order chi connectivity index (χ0) is 23.2. The number of thioether (sulfide) groups is 1. The van der Waals surface area contributed by atoms with Gasteiger partial charge in [-0.05, 0) is 42.7 Å². The van der Waals surface area contributed by atoms with Gasteiger partial charge in [-0.15, -0.1) is 10.2 Å². The summed E-state index contributed by atoms with van der Waals surface area (Å²) in [5.41, 5.74) is 1.62. The van der Waals surface area contributed by atoms with Gasteiger partial charge in [-0.1, -0.05) is 55.8 Å². The van der Waals surface area contributed by atoms with E-state index < -0.39 is 0 Å². The Morgan fingerprint density at radius 1 is 1.09 bits per heavy atom. The molecule has 2 aromatic heterocycles. The fourth-order valence-corrected chi connectivity index (χ4v) is 4.50. The Labute approximate surface area is 195 Å². The number of benzene rings is 2. The number of rotatable bonds is 10. The van der Waals surface area contributed by atoms with Crippen LogP contribution >= 0.6 is 11.8 Å². The highest BCUT2D eigenvalue weighted by atomic mass is 32.2. The van der Waals surface area contributed by atoms with Gasteiger partial charge >= 0.3 is 0 Å². The van der Waals surface area contributed by atoms with Crippen LogP contribution in [-0.4, -0.2) is 37.4 Å². The topological polar surface area (TPSA) is 81.3 Å². The van der Waals surface area contributed by atoms with E-state index in [1.807, 2.05) is 28.7 Å². The number of para-hydroxylation sites is 1. The van der Waals surface area contributed by atoms with Crippen LogP contribution in [0.5, 0.6) is 0 Å². The maximum absolute atomic E-state index is 13.1. The van der Waals surface area contributed by atoms with Crippen molar-refractivity contribution in [3.8, 4) is 0 Å². The minimum absolute atomic E-state index is 0.0725. The molecule has 33 heavy (non-hydrogen) atoms. The van der Waals surface area contributed by atoms with E-state index in [0.29, 0.717) is 35.8 Å². The number of aryl methyl sites for hydroxylation is 1. The van der Waals surface area contributed by atoms with Crippen LogP contribution in [0.3, 0.4) is 0 Å². The SMILES string of the molecule is CCCCCn1c(=O)c2ccccc2n2c(SCC(=O)NCCc3ccc(F)cc3)nnc12. The van der Waals surface area contributed by atoms with E-state index in [0.717, 1.165) is 30.3 Å². The van der Waals surface area contributed by atoms with E-state index in [9.17, 15) is 14.0 Å². The van der Waals surface area contributed by atoms with Crippen LogP contribution in [0.15, 0.2) is 58.5 Å². The molecule has 4 aromatic rings. The van der Waals surface area contributed by atoms with Crippen LogP contribution in [0, 0.1) is 5.82 Å². The summed E-state index contributed by atoms with van der Waals surface area (Å²) in [6, 6.07) is 13.6. The first-order chi connectivity index (χ1) is 16.1. The Kier molecular flexibility index (Phi) is 7.39. The van der Waals surface area contributed by atoms with Crippen molar-refractivity contribution in [1.29, 1.82) is 0 Å². The zero-order valence-corrected chi connectivity index (χ0v) is 19.3. The number of hydrogen-bond donors (Lipinski definition) is 1. The standard InChI is InChI=1S/C24H26FN5O2S/c1-2-3-6-15-29-22(32)19-7-4-5-8-20(19)30-23(29)27-28-24(30)33-16-21(31)26-14-13-17-9-11-18(25)12-10-17/h4-5,7-12H,2-3,6,13-16H2,1H3,(H,26,31). The molecule has 0 aliphatic heterocycles. The second kappa shape index (κ2) is 10.6. The van der Waals surface area contributed by atoms with Crippen molar-refractivity contribution < 1.29 is 9.18 Å². The number of amides is 1. The van der Waals surface area contributed by atoms with Gasteiger partial charge in [0.1, 0.15) is 5.82 Å². The molecule has 1 amide bonds. The van der Waals surface area contributed by atoms with Gasteiger partial charge < -0.3 is 5.32 Å². The second-order valence-electron chi connectivity index (χ2n) is 7.81. The highest BCUT2D eigenvalue weighted by Gasteiger charge is 2.17. The van der Waals surface area contributed by atoms with Crippen molar-refractivity contribution in [2.75, 3.05) is 12.3 Å². The number of carbonyl (C=O) groups is 1. The van der Waals surface area contributed by atoms with E-state index in [2.05, 4.69) is 22.4 Å². The smallest absolute Gasteiger partial charge is 0.262 e. The average Bonchev–Trinajstić information content (AvgIpc) is 3.25. The van der Waals surface area contributed by atoms with Crippen molar-refractivity contribution in [3.05, 3.63) is 70.3 Å². The summed E-state index contributed by atoms with van der Waals surface area (Å²) in [4.78, 5) is 25.4. The normalized spacial score (nSPS) is 11.3. The average molecular weight is 468 g/mol. The fourth-order valence-electron chi connectivity index (χ4n) is 3.73.